The topological polar surface area (TPSA) is 98.2 Å². The molecule has 21 heavy (non-hydrogen) atoms. The highest BCUT2D eigenvalue weighted by Crippen LogP contribution is 2.14. The first-order valence-electron chi connectivity index (χ1n) is 7.28. The minimum Gasteiger partial charge on any atom is -0.366 e. The molecule has 3 N–H and O–H groups in total. The normalized spacial score (nSPS) is 11.0. The van der Waals surface area contributed by atoms with Crippen LogP contribution in [0.5, 0.6) is 0 Å². The largest absolute Gasteiger partial charge is 0.366 e. The van der Waals surface area contributed by atoms with Gasteiger partial charge in [0.1, 0.15) is 0 Å². The monoisotopic (exact) mass is 290 g/mol. The Kier molecular flexibility index (Phi) is 4.72. The van der Waals surface area contributed by atoms with Crippen molar-refractivity contribution in [2.24, 2.45) is 0 Å². The van der Waals surface area contributed by atoms with Gasteiger partial charge in [0.2, 0.25) is 11.9 Å². The van der Waals surface area contributed by atoms with Crippen LogP contribution in [0.2, 0.25) is 0 Å². The predicted molar refractivity (Wildman–Crippen MR) is 80.9 cm³/mol. The molecule has 0 unspecified atom stereocenters. The summed E-state index contributed by atoms with van der Waals surface area (Å²) in [6.07, 6.45) is 3.58. The first kappa shape index (κ1) is 15.2. The van der Waals surface area contributed by atoms with Crippen molar-refractivity contribution in [1.82, 2.24) is 24.9 Å². The molecule has 0 fully saturated rings. The third-order valence-corrected chi connectivity index (χ3v) is 3.51. The van der Waals surface area contributed by atoms with Gasteiger partial charge >= 0.3 is 0 Å². The molecule has 2 rings (SSSR count). The summed E-state index contributed by atoms with van der Waals surface area (Å²) in [6, 6.07) is 0. The number of aromatic nitrogens is 4. The molecule has 0 saturated carbocycles. The summed E-state index contributed by atoms with van der Waals surface area (Å²) >= 11 is 0. The zero-order valence-electron chi connectivity index (χ0n) is 12.8. The highest BCUT2D eigenvalue weighted by molar-refractivity contribution is 5.79. The molecule has 7 heteroatoms. The minimum absolute atomic E-state index is 0.00606. The summed E-state index contributed by atoms with van der Waals surface area (Å²) in [4.78, 5) is 20.4. The number of nitrogens with one attached hydrogen (secondary N) is 1. The molecule has 0 atom stereocenters. The smallest absolute Gasteiger partial charge is 0.254 e. The number of rotatable bonds is 6. The van der Waals surface area contributed by atoms with E-state index < -0.39 is 0 Å². The number of nitrogen functional groups attached to an aromatic ring is 1. The fraction of sp³-hybridized carbons (Fsp3) is 0.571. The molecule has 2 aromatic rings. The molecule has 0 aliphatic rings. The third kappa shape index (κ3) is 3.48. The summed E-state index contributed by atoms with van der Waals surface area (Å²) in [6.45, 7) is 6.63. The van der Waals surface area contributed by atoms with Gasteiger partial charge in [0.15, 0.2) is 0 Å². The molecule has 0 aliphatic carbocycles. The number of unbranched alkanes of at least 4 members (excludes halogenated alkanes) is 2. The Morgan fingerprint density at radius 2 is 2.05 bits per heavy atom. The van der Waals surface area contributed by atoms with Gasteiger partial charge in [-0.3, -0.25) is 4.79 Å². The van der Waals surface area contributed by atoms with Gasteiger partial charge in [-0.2, -0.15) is 9.50 Å². The number of fused-ring (bicyclic) bond motifs is 1. The molecule has 1 amide bonds. The number of nitrogens with two attached hydrogens (primary N) is 1. The molecule has 2 heterocycles. The number of carbonyl (C=O) groups excluding carboxylic acids is 1. The number of hydrogen-bond acceptors (Lipinski definition) is 5. The van der Waals surface area contributed by atoms with Crippen LogP contribution in [0.1, 0.15) is 43.1 Å². The van der Waals surface area contributed by atoms with Crippen LogP contribution < -0.4 is 11.1 Å². The van der Waals surface area contributed by atoms with E-state index in [1.165, 1.54) is 0 Å². The Morgan fingerprint density at radius 3 is 2.76 bits per heavy atom. The van der Waals surface area contributed by atoms with Crippen molar-refractivity contribution >= 4 is 17.6 Å². The summed E-state index contributed by atoms with van der Waals surface area (Å²) in [5.74, 6) is 0.660. The molecule has 0 aromatic carbocycles. The third-order valence-electron chi connectivity index (χ3n) is 3.51. The van der Waals surface area contributed by atoms with Crippen molar-refractivity contribution in [3.8, 4) is 0 Å². The summed E-state index contributed by atoms with van der Waals surface area (Å²) in [5, 5.41) is 7.03. The summed E-state index contributed by atoms with van der Waals surface area (Å²) < 4.78 is 1.59. The Balaban J connectivity index is 2.12. The maximum absolute atomic E-state index is 12.0. The number of nitrogens with zero attached hydrogens (tertiary/aromatic N) is 4. The van der Waals surface area contributed by atoms with E-state index in [-0.39, 0.29) is 11.9 Å². The molecule has 0 aliphatic heterocycles. The van der Waals surface area contributed by atoms with Gasteiger partial charge in [-0.25, -0.2) is 4.98 Å². The Labute approximate surface area is 124 Å². The van der Waals surface area contributed by atoms with Gasteiger partial charge in [0, 0.05) is 23.5 Å². The van der Waals surface area contributed by atoms with E-state index in [4.69, 9.17) is 5.73 Å². The van der Waals surface area contributed by atoms with E-state index in [9.17, 15) is 4.79 Å². The number of carbonyl (C=O) groups is 1. The van der Waals surface area contributed by atoms with Crippen molar-refractivity contribution in [1.29, 1.82) is 0 Å². The zero-order chi connectivity index (χ0) is 15.4. The van der Waals surface area contributed by atoms with E-state index in [0.29, 0.717) is 12.2 Å². The molecule has 114 valence electrons. The van der Waals surface area contributed by atoms with Crippen LogP contribution in [0, 0.1) is 13.8 Å². The van der Waals surface area contributed by atoms with Gasteiger partial charge in [-0.15, -0.1) is 5.10 Å². The fourth-order valence-electron chi connectivity index (χ4n) is 2.31. The van der Waals surface area contributed by atoms with Crippen LogP contribution in [-0.4, -0.2) is 32.0 Å². The van der Waals surface area contributed by atoms with E-state index in [2.05, 4.69) is 27.3 Å². The van der Waals surface area contributed by atoms with Crippen molar-refractivity contribution in [2.75, 3.05) is 12.3 Å². The lowest BCUT2D eigenvalue weighted by Gasteiger charge is -2.10. The van der Waals surface area contributed by atoms with Crippen molar-refractivity contribution in [3.63, 3.8) is 0 Å². The van der Waals surface area contributed by atoms with Gasteiger partial charge in [0.25, 0.3) is 5.78 Å². The SMILES string of the molecule is CCCCCNC(=O)Cc1c(C)nc2nc(N)nn2c1C. The quantitative estimate of drug-likeness (QED) is 0.778. The second kappa shape index (κ2) is 6.51. The average Bonchev–Trinajstić information content (AvgIpc) is 2.80. The number of aryl methyl sites for hydroxylation is 2. The molecule has 0 spiro atoms. The maximum Gasteiger partial charge on any atom is 0.254 e. The highest BCUT2D eigenvalue weighted by Gasteiger charge is 2.15. The van der Waals surface area contributed by atoms with Crippen molar-refractivity contribution in [3.05, 3.63) is 17.0 Å². The predicted octanol–water partition coefficient (Wildman–Crippen LogP) is 1.17. The van der Waals surface area contributed by atoms with Gasteiger partial charge in [-0.05, 0) is 20.3 Å². The molecule has 0 saturated heterocycles. The van der Waals surface area contributed by atoms with Crippen LogP contribution in [-0.2, 0) is 11.2 Å². The summed E-state index contributed by atoms with van der Waals surface area (Å²) in [5.41, 5.74) is 8.11. The number of amides is 1. The lowest BCUT2D eigenvalue weighted by Crippen LogP contribution is -2.27. The first-order valence-corrected chi connectivity index (χ1v) is 7.28. The minimum atomic E-state index is 0.00606. The van der Waals surface area contributed by atoms with Gasteiger partial charge in [0.05, 0.1) is 6.42 Å². The summed E-state index contributed by atoms with van der Waals surface area (Å²) in [7, 11) is 0. The number of anilines is 1. The van der Waals surface area contributed by atoms with E-state index in [1.54, 1.807) is 4.52 Å². The van der Waals surface area contributed by atoms with E-state index >= 15 is 0 Å². The second-order valence-corrected chi connectivity index (χ2v) is 5.18. The van der Waals surface area contributed by atoms with Crippen molar-refractivity contribution < 1.29 is 4.79 Å². The molecule has 7 nitrogen and oxygen atoms in total. The average molecular weight is 290 g/mol. The fourth-order valence-corrected chi connectivity index (χ4v) is 2.31. The van der Waals surface area contributed by atoms with Crippen LogP contribution >= 0.6 is 0 Å². The van der Waals surface area contributed by atoms with Crippen LogP contribution in [0.25, 0.3) is 5.78 Å². The van der Waals surface area contributed by atoms with E-state index in [1.807, 2.05) is 13.8 Å². The first-order chi connectivity index (χ1) is 10.0. The molecular formula is C14H22N6O. The lowest BCUT2D eigenvalue weighted by molar-refractivity contribution is -0.120. The standard InChI is InChI=1S/C14H22N6O/c1-4-5-6-7-16-12(21)8-11-9(2)17-14-18-13(15)19-20(14)10(11)3/h4-8H2,1-3H3,(H2,15,19)(H,16,21). The molecule has 0 radical (unpaired) electrons. The zero-order valence-corrected chi connectivity index (χ0v) is 12.8. The molecule has 2 aromatic heterocycles. The molecular weight excluding hydrogens is 268 g/mol. The lowest BCUT2D eigenvalue weighted by atomic mass is 10.1. The Hall–Kier alpha value is -2.18. The second-order valence-electron chi connectivity index (χ2n) is 5.18. The van der Waals surface area contributed by atoms with Crippen LogP contribution in [0.4, 0.5) is 5.95 Å². The van der Waals surface area contributed by atoms with Crippen molar-refractivity contribution in [2.45, 2.75) is 46.5 Å². The Morgan fingerprint density at radius 1 is 1.29 bits per heavy atom. The van der Waals surface area contributed by atoms with E-state index in [0.717, 1.165) is 42.8 Å². The highest BCUT2D eigenvalue weighted by atomic mass is 16.1. The number of hydrogen-bond donors (Lipinski definition) is 2. The maximum atomic E-state index is 12.0. The van der Waals surface area contributed by atoms with Gasteiger partial charge < -0.3 is 11.1 Å². The van der Waals surface area contributed by atoms with Gasteiger partial charge in [-0.1, -0.05) is 19.8 Å². The van der Waals surface area contributed by atoms with Crippen LogP contribution in [0.3, 0.4) is 0 Å². The Bertz CT molecular complexity index is 648. The van der Waals surface area contributed by atoms with Crippen LogP contribution in [0.15, 0.2) is 0 Å². The molecule has 0 bridgehead atoms.